The molecular formula is C15H24ClNO2. The highest BCUT2D eigenvalue weighted by Gasteiger charge is 2.13. The standard InChI is InChI=1S/C15H24ClNO2/c1-15(2,3)19-10-9-18-14(11-17-4)12-5-7-13(16)8-6-12/h5-8,14,17H,9-11H2,1-4H3. The van der Waals surface area contributed by atoms with Crippen LogP contribution in [0, 0.1) is 0 Å². The van der Waals surface area contributed by atoms with Gasteiger partial charge >= 0.3 is 0 Å². The van der Waals surface area contributed by atoms with Gasteiger partial charge in [-0.25, -0.2) is 0 Å². The van der Waals surface area contributed by atoms with Crippen molar-refractivity contribution in [2.24, 2.45) is 0 Å². The van der Waals surface area contributed by atoms with Crippen molar-refractivity contribution in [3.63, 3.8) is 0 Å². The Hall–Kier alpha value is -0.610. The van der Waals surface area contributed by atoms with E-state index in [0.29, 0.717) is 13.2 Å². The predicted octanol–water partition coefficient (Wildman–Crippen LogP) is 3.43. The molecule has 19 heavy (non-hydrogen) atoms. The summed E-state index contributed by atoms with van der Waals surface area (Å²) in [4.78, 5) is 0. The maximum atomic E-state index is 5.89. The fourth-order valence-electron chi connectivity index (χ4n) is 1.67. The normalized spacial score (nSPS) is 13.5. The van der Waals surface area contributed by atoms with Gasteiger partial charge < -0.3 is 14.8 Å². The van der Waals surface area contributed by atoms with Crippen LogP contribution in [0.15, 0.2) is 24.3 Å². The molecule has 0 saturated carbocycles. The van der Waals surface area contributed by atoms with Crippen molar-refractivity contribution in [2.45, 2.75) is 32.5 Å². The lowest BCUT2D eigenvalue weighted by Gasteiger charge is -2.22. The van der Waals surface area contributed by atoms with Gasteiger partial charge in [-0.2, -0.15) is 0 Å². The average molecular weight is 286 g/mol. The van der Waals surface area contributed by atoms with Gasteiger partial charge in [-0.1, -0.05) is 23.7 Å². The highest BCUT2D eigenvalue weighted by atomic mass is 35.5. The Labute approximate surface area is 121 Å². The molecule has 0 saturated heterocycles. The molecule has 0 aliphatic rings. The molecule has 0 aliphatic heterocycles. The second kappa shape index (κ2) is 7.85. The van der Waals surface area contributed by atoms with Gasteiger partial charge in [0, 0.05) is 11.6 Å². The molecule has 1 aromatic rings. The zero-order valence-corrected chi connectivity index (χ0v) is 13.0. The van der Waals surface area contributed by atoms with E-state index in [1.54, 1.807) is 0 Å². The Morgan fingerprint density at radius 2 is 1.79 bits per heavy atom. The monoisotopic (exact) mass is 285 g/mol. The van der Waals surface area contributed by atoms with Crippen LogP contribution in [0.2, 0.25) is 5.02 Å². The summed E-state index contributed by atoms with van der Waals surface area (Å²) >= 11 is 5.89. The Kier molecular flexibility index (Phi) is 6.80. The van der Waals surface area contributed by atoms with Crippen molar-refractivity contribution in [2.75, 3.05) is 26.8 Å². The van der Waals surface area contributed by atoms with E-state index in [2.05, 4.69) is 5.32 Å². The molecule has 1 N–H and O–H groups in total. The molecule has 1 unspecified atom stereocenters. The van der Waals surface area contributed by atoms with Gasteiger partial charge in [0.15, 0.2) is 0 Å². The fraction of sp³-hybridized carbons (Fsp3) is 0.600. The number of hydrogen-bond donors (Lipinski definition) is 1. The summed E-state index contributed by atoms with van der Waals surface area (Å²) in [5.74, 6) is 0. The third-order valence-electron chi connectivity index (χ3n) is 2.57. The summed E-state index contributed by atoms with van der Waals surface area (Å²) < 4.78 is 11.5. The number of hydrogen-bond acceptors (Lipinski definition) is 3. The smallest absolute Gasteiger partial charge is 0.0950 e. The van der Waals surface area contributed by atoms with E-state index in [4.69, 9.17) is 21.1 Å². The van der Waals surface area contributed by atoms with Crippen molar-refractivity contribution in [3.05, 3.63) is 34.9 Å². The Morgan fingerprint density at radius 1 is 1.16 bits per heavy atom. The molecule has 0 bridgehead atoms. The van der Waals surface area contributed by atoms with Gasteiger partial charge in [0.25, 0.3) is 0 Å². The van der Waals surface area contributed by atoms with Crippen molar-refractivity contribution >= 4 is 11.6 Å². The lowest BCUT2D eigenvalue weighted by Crippen LogP contribution is -2.24. The van der Waals surface area contributed by atoms with E-state index in [0.717, 1.165) is 17.1 Å². The molecule has 0 radical (unpaired) electrons. The third-order valence-corrected chi connectivity index (χ3v) is 2.82. The van der Waals surface area contributed by atoms with Crippen LogP contribution in [-0.2, 0) is 9.47 Å². The minimum Gasteiger partial charge on any atom is -0.373 e. The van der Waals surface area contributed by atoms with E-state index in [-0.39, 0.29) is 11.7 Å². The maximum absolute atomic E-state index is 5.89. The van der Waals surface area contributed by atoms with Crippen LogP contribution in [0.1, 0.15) is 32.4 Å². The largest absolute Gasteiger partial charge is 0.373 e. The highest BCUT2D eigenvalue weighted by molar-refractivity contribution is 6.30. The van der Waals surface area contributed by atoms with E-state index >= 15 is 0 Å². The zero-order valence-electron chi connectivity index (χ0n) is 12.2. The van der Waals surface area contributed by atoms with Gasteiger partial charge in [-0.15, -0.1) is 0 Å². The van der Waals surface area contributed by atoms with Crippen LogP contribution in [0.3, 0.4) is 0 Å². The number of nitrogens with one attached hydrogen (secondary N) is 1. The first-order chi connectivity index (χ1) is 8.92. The summed E-state index contributed by atoms with van der Waals surface area (Å²) in [5.41, 5.74) is 0.997. The van der Waals surface area contributed by atoms with Crippen LogP contribution in [0.5, 0.6) is 0 Å². The van der Waals surface area contributed by atoms with Crippen LogP contribution < -0.4 is 5.32 Å². The molecule has 108 valence electrons. The molecule has 1 rings (SSSR count). The number of ether oxygens (including phenoxy) is 2. The zero-order chi connectivity index (χ0) is 14.3. The lowest BCUT2D eigenvalue weighted by molar-refractivity contribution is -0.0516. The first-order valence-electron chi connectivity index (χ1n) is 6.58. The van der Waals surface area contributed by atoms with E-state index in [9.17, 15) is 0 Å². The van der Waals surface area contributed by atoms with Crippen molar-refractivity contribution in [1.82, 2.24) is 5.32 Å². The maximum Gasteiger partial charge on any atom is 0.0950 e. The average Bonchev–Trinajstić information content (AvgIpc) is 2.33. The molecule has 4 heteroatoms. The fourth-order valence-corrected chi connectivity index (χ4v) is 1.80. The molecular weight excluding hydrogens is 262 g/mol. The molecule has 1 atom stereocenters. The minimum absolute atomic E-state index is 0.0193. The number of benzene rings is 1. The number of halogens is 1. The van der Waals surface area contributed by atoms with Crippen molar-refractivity contribution in [1.29, 1.82) is 0 Å². The molecule has 3 nitrogen and oxygen atoms in total. The second-order valence-corrected chi connectivity index (χ2v) is 5.87. The van der Waals surface area contributed by atoms with E-state index in [1.165, 1.54) is 0 Å². The van der Waals surface area contributed by atoms with Gasteiger partial charge in [-0.05, 0) is 45.5 Å². The molecule has 0 aliphatic carbocycles. The topological polar surface area (TPSA) is 30.5 Å². The van der Waals surface area contributed by atoms with Crippen molar-refractivity contribution < 1.29 is 9.47 Å². The Balaban J connectivity index is 2.47. The number of rotatable bonds is 7. The lowest BCUT2D eigenvalue weighted by atomic mass is 10.1. The van der Waals surface area contributed by atoms with Gasteiger partial charge in [0.1, 0.15) is 0 Å². The van der Waals surface area contributed by atoms with Crippen LogP contribution in [-0.4, -0.2) is 32.4 Å². The summed E-state index contributed by atoms with van der Waals surface area (Å²) in [6.07, 6.45) is 0.0193. The summed E-state index contributed by atoms with van der Waals surface area (Å²) in [6.45, 7) is 8.05. The first-order valence-corrected chi connectivity index (χ1v) is 6.96. The summed E-state index contributed by atoms with van der Waals surface area (Å²) in [5, 5.41) is 3.88. The minimum atomic E-state index is -0.123. The summed E-state index contributed by atoms with van der Waals surface area (Å²) in [6, 6.07) is 7.76. The predicted molar refractivity (Wildman–Crippen MR) is 79.8 cm³/mol. The molecule has 0 amide bonds. The van der Waals surface area contributed by atoms with Crippen molar-refractivity contribution in [3.8, 4) is 0 Å². The third kappa shape index (κ3) is 6.92. The van der Waals surface area contributed by atoms with Crippen LogP contribution in [0.4, 0.5) is 0 Å². The molecule has 0 aromatic heterocycles. The van der Waals surface area contributed by atoms with Crippen LogP contribution in [0.25, 0.3) is 0 Å². The highest BCUT2D eigenvalue weighted by Crippen LogP contribution is 2.19. The van der Waals surface area contributed by atoms with Gasteiger partial charge in [-0.3, -0.25) is 0 Å². The molecule has 0 spiro atoms. The Bertz CT molecular complexity index is 359. The van der Waals surface area contributed by atoms with Crippen LogP contribution >= 0.6 is 11.6 Å². The van der Waals surface area contributed by atoms with E-state index in [1.807, 2.05) is 52.1 Å². The van der Waals surface area contributed by atoms with Gasteiger partial charge in [0.2, 0.25) is 0 Å². The quantitative estimate of drug-likeness (QED) is 0.779. The molecule has 0 heterocycles. The second-order valence-electron chi connectivity index (χ2n) is 5.43. The Morgan fingerprint density at radius 3 is 2.32 bits per heavy atom. The SMILES string of the molecule is CNCC(OCCOC(C)(C)C)c1ccc(Cl)cc1. The van der Waals surface area contributed by atoms with E-state index < -0.39 is 0 Å². The number of likely N-dealkylation sites (N-methyl/N-ethyl adjacent to an activating group) is 1. The first kappa shape index (κ1) is 16.4. The van der Waals surface area contributed by atoms with Gasteiger partial charge in [0.05, 0.1) is 24.9 Å². The summed E-state index contributed by atoms with van der Waals surface area (Å²) in [7, 11) is 1.91. The molecule has 1 aromatic carbocycles. The molecule has 0 fully saturated rings.